The van der Waals surface area contributed by atoms with Gasteiger partial charge in [-0.1, -0.05) is 30.3 Å². The van der Waals surface area contributed by atoms with Crippen molar-refractivity contribution < 1.29 is 24.2 Å². The molecule has 1 aromatic carbocycles. The lowest BCUT2D eigenvalue weighted by atomic mass is 10.1. The standard InChI is InChI=1S/C17H22N2O5/c20-15(10-13-4-2-1-3-5-13)18-7-6-16(21)19-8-9-24-14(12-19)11-17(22)23/h1-5,14H,6-12H2,(H,18,20)(H,22,23). The van der Waals surface area contributed by atoms with Crippen molar-refractivity contribution in [3.63, 3.8) is 0 Å². The molecule has 1 aromatic rings. The second-order valence-electron chi connectivity index (χ2n) is 5.69. The van der Waals surface area contributed by atoms with E-state index in [2.05, 4.69) is 5.32 Å². The van der Waals surface area contributed by atoms with Gasteiger partial charge in [0.1, 0.15) is 0 Å². The molecule has 0 aliphatic carbocycles. The van der Waals surface area contributed by atoms with Crippen molar-refractivity contribution >= 4 is 17.8 Å². The van der Waals surface area contributed by atoms with Crippen molar-refractivity contribution in [1.29, 1.82) is 0 Å². The van der Waals surface area contributed by atoms with Gasteiger partial charge in [-0.15, -0.1) is 0 Å². The number of benzene rings is 1. The molecule has 1 fully saturated rings. The van der Waals surface area contributed by atoms with Crippen LogP contribution in [0.3, 0.4) is 0 Å². The molecule has 2 rings (SSSR count). The highest BCUT2D eigenvalue weighted by atomic mass is 16.5. The first-order valence-electron chi connectivity index (χ1n) is 7.96. The lowest BCUT2D eigenvalue weighted by Crippen LogP contribution is -2.47. The fraction of sp³-hybridized carbons (Fsp3) is 0.471. The van der Waals surface area contributed by atoms with E-state index >= 15 is 0 Å². The van der Waals surface area contributed by atoms with Crippen LogP contribution in [-0.4, -0.2) is 60.1 Å². The quantitative estimate of drug-likeness (QED) is 0.754. The van der Waals surface area contributed by atoms with E-state index in [4.69, 9.17) is 9.84 Å². The van der Waals surface area contributed by atoms with Crippen molar-refractivity contribution in [3.8, 4) is 0 Å². The Bertz CT molecular complexity index is 576. The van der Waals surface area contributed by atoms with Gasteiger partial charge in [-0.05, 0) is 5.56 Å². The van der Waals surface area contributed by atoms with E-state index in [9.17, 15) is 14.4 Å². The average molecular weight is 334 g/mol. The van der Waals surface area contributed by atoms with E-state index in [1.165, 1.54) is 0 Å². The largest absolute Gasteiger partial charge is 0.481 e. The molecule has 24 heavy (non-hydrogen) atoms. The van der Waals surface area contributed by atoms with E-state index in [1.807, 2.05) is 30.3 Å². The predicted molar refractivity (Wildman–Crippen MR) is 86.3 cm³/mol. The molecule has 0 radical (unpaired) electrons. The Hall–Kier alpha value is -2.41. The van der Waals surface area contributed by atoms with Gasteiger partial charge in [0, 0.05) is 26.1 Å². The van der Waals surface area contributed by atoms with Crippen molar-refractivity contribution in [3.05, 3.63) is 35.9 Å². The Morgan fingerprint density at radius 1 is 1.25 bits per heavy atom. The number of ether oxygens (including phenoxy) is 1. The van der Waals surface area contributed by atoms with Crippen LogP contribution in [0.2, 0.25) is 0 Å². The molecule has 1 heterocycles. The van der Waals surface area contributed by atoms with E-state index in [0.29, 0.717) is 13.2 Å². The topological polar surface area (TPSA) is 95.9 Å². The van der Waals surface area contributed by atoms with E-state index in [1.54, 1.807) is 4.90 Å². The highest BCUT2D eigenvalue weighted by molar-refractivity contribution is 5.80. The zero-order chi connectivity index (χ0) is 17.4. The fourth-order valence-electron chi connectivity index (χ4n) is 2.57. The smallest absolute Gasteiger partial charge is 0.306 e. The minimum atomic E-state index is -0.942. The van der Waals surface area contributed by atoms with Crippen LogP contribution in [0.4, 0.5) is 0 Å². The summed E-state index contributed by atoms with van der Waals surface area (Å²) < 4.78 is 5.33. The van der Waals surface area contributed by atoms with Crippen LogP contribution >= 0.6 is 0 Å². The van der Waals surface area contributed by atoms with Crippen LogP contribution in [0.5, 0.6) is 0 Å². The van der Waals surface area contributed by atoms with Crippen LogP contribution in [0.1, 0.15) is 18.4 Å². The minimum Gasteiger partial charge on any atom is -0.481 e. The van der Waals surface area contributed by atoms with Gasteiger partial charge in [-0.2, -0.15) is 0 Å². The summed E-state index contributed by atoms with van der Waals surface area (Å²) in [7, 11) is 0. The number of hydrogen-bond acceptors (Lipinski definition) is 4. The molecular formula is C17H22N2O5. The second-order valence-corrected chi connectivity index (χ2v) is 5.69. The third-order valence-electron chi connectivity index (χ3n) is 3.76. The van der Waals surface area contributed by atoms with Gasteiger partial charge >= 0.3 is 5.97 Å². The molecule has 7 nitrogen and oxygen atoms in total. The van der Waals surface area contributed by atoms with Crippen LogP contribution < -0.4 is 5.32 Å². The second kappa shape index (κ2) is 9.02. The van der Waals surface area contributed by atoms with Crippen molar-refractivity contribution in [2.45, 2.75) is 25.4 Å². The number of carboxylic acids is 1. The number of morpholine rings is 1. The highest BCUT2D eigenvalue weighted by Crippen LogP contribution is 2.10. The number of amides is 2. The van der Waals surface area contributed by atoms with Gasteiger partial charge in [0.25, 0.3) is 0 Å². The Morgan fingerprint density at radius 2 is 2.00 bits per heavy atom. The summed E-state index contributed by atoms with van der Waals surface area (Å²) in [5.74, 6) is -1.17. The number of aliphatic carboxylic acids is 1. The van der Waals surface area contributed by atoms with E-state index in [-0.39, 0.29) is 44.2 Å². The summed E-state index contributed by atoms with van der Waals surface area (Å²) in [5, 5.41) is 11.5. The number of nitrogens with zero attached hydrogens (tertiary/aromatic N) is 1. The number of carbonyl (C=O) groups is 3. The molecule has 0 saturated carbocycles. The van der Waals surface area contributed by atoms with Gasteiger partial charge in [0.05, 0.1) is 25.6 Å². The molecule has 7 heteroatoms. The summed E-state index contributed by atoms with van der Waals surface area (Å²) in [4.78, 5) is 36.3. The number of carboxylic acid groups (broad SMARTS) is 1. The normalized spacial score (nSPS) is 17.3. The maximum Gasteiger partial charge on any atom is 0.306 e. The zero-order valence-electron chi connectivity index (χ0n) is 13.4. The zero-order valence-corrected chi connectivity index (χ0v) is 13.4. The lowest BCUT2D eigenvalue weighted by molar-refractivity contribution is -0.147. The monoisotopic (exact) mass is 334 g/mol. The Labute approximate surface area is 140 Å². The maximum absolute atomic E-state index is 12.1. The van der Waals surface area contributed by atoms with E-state index in [0.717, 1.165) is 5.56 Å². The Balaban J connectivity index is 1.69. The number of nitrogens with one attached hydrogen (secondary N) is 1. The first-order valence-corrected chi connectivity index (χ1v) is 7.96. The lowest BCUT2D eigenvalue weighted by Gasteiger charge is -2.32. The SMILES string of the molecule is O=C(O)CC1CN(C(=O)CCNC(=O)Cc2ccccc2)CCO1. The van der Waals surface area contributed by atoms with Gasteiger partial charge in [0.2, 0.25) is 11.8 Å². The molecule has 1 aliphatic rings. The predicted octanol–water partition coefficient (Wildman–Crippen LogP) is 0.438. The van der Waals surface area contributed by atoms with Gasteiger partial charge < -0.3 is 20.1 Å². The van der Waals surface area contributed by atoms with Gasteiger partial charge in [-0.3, -0.25) is 14.4 Å². The summed E-state index contributed by atoms with van der Waals surface area (Å²) in [5.41, 5.74) is 0.922. The summed E-state index contributed by atoms with van der Waals surface area (Å²) in [6.45, 7) is 1.34. The minimum absolute atomic E-state index is 0.103. The van der Waals surface area contributed by atoms with Crippen LogP contribution in [0.25, 0.3) is 0 Å². The van der Waals surface area contributed by atoms with Gasteiger partial charge in [-0.25, -0.2) is 0 Å². The van der Waals surface area contributed by atoms with Crippen LogP contribution in [0.15, 0.2) is 30.3 Å². The van der Waals surface area contributed by atoms with Crippen LogP contribution in [-0.2, 0) is 25.5 Å². The average Bonchev–Trinajstić information content (AvgIpc) is 2.55. The molecule has 0 spiro atoms. The summed E-state index contributed by atoms with van der Waals surface area (Å²) in [6, 6.07) is 9.39. The molecule has 2 amide bonds. The van der Waals surface area contributed by atoms with E-state index < -0.39 is 12.1 Å². The van der Waals surface area contributed by atoms with Crippen molar-refractivity contribution in [1.82, 2.24) is 10.2 Å². The van der Waals surface area contributed by atoms with Crippen molar-refractivity contribution in [2.75, 3.05) is 26.2 Å². The highest BCUT2D eigenvalue weighted by Gasteiger charge is 2.25. The number of hydrogen-bond donors (Lipinski definition) is 2. The molecule has 1 unspecified atom stereocenters. The third kappa shape index (κ3) is 6.00. The Kier molecular flexibility index (Phi) is 6.74. The first kappa shape index (κ1) is 17.9. The third-order valence-corrected chi connectivity index (χ3v) is 3.76. The first-order chi connectivity index (χ1) is 11.5. The fourth-order valence-corrected chi connectivity index (χ4v) is 2.57. The van der Waals surface area contributed by atoms with Crippen LogP contribution in [0, 0.1) is 0 Å². The maximum atomic E-state index is 12.1. The molecule has 0 aromatic heterocycles. The number of rotatable bonds is 7. The molecule has 0 bridgehead atoms. The molecule has 1 aliphatic heterocycles. The number of carbonyl (C=O) groups excluding carboxylic acids is 2. The molecule has 1 atom stereocenters. The molecule has 1 saturated heterocycles. The summed E-state index contributed by atoms with van der Waals surface area (Å²) >= 11 is 0. The molecule has 2 N–H and O–H groups in total. The molecule has 130 valence electrons. The van der Waals surface area contributed by atoms with Gasteiger partial charge in [0.15, 0.2) is 0 Å². The molecular weight excluding hydrogens is 312 g/mol. The Morgan fingerprint density at radius 3 is 2.71 bits per heavy atom. The summed E-state index contributed by atoms with van der Waals surface area (Å²) in [6.07, 6.45) is -0.0987. The van der Waals surface area contributed by atoms with Crippen molar-refractivity contribution in [2.24, 2.45) is 0 Å².